The van der Waals surface area contributed by atoms with Crippen LogP contribution in [0.15, 0.2) is 0 Å². The second-order valence-corrected chi connectivity index (χ2v) is 1.88. The average Bonchev–Trinajstić information content (AvgIpc) is 1.82. The third-order valence-electron chi connectivity index (χ3n) is 0.986. The van der Waals surface area contributed by atoms with Crippen molar-refractivity contribution in [2.24, 2.45) is 5.73 Å². The Hall–Kier alpha value is -0.568. The topological polar surface area (TPSA) is 101 Å². The number of carboxylic acid groups (broad SMARTS) is 2. The predicted octanol–water partition coefficient (Wildman–Crippen LogP) is -0.739. The first-order valence-corrected chi connectivity index (χ1v) is 2.74. The van der Waals surface area contributed by atoms with E-state index in [4.69, 9.17) is 15.9 Å². The van der Waals surface area contributed by atoms with Crippen molar-refractivity contribution < 1.29 is 37.2 Å². The van der Waals surface area contributed by atoms with Crippen LogP contribution in [-0.4, -0.2) is 28.2 Å². The molecule has 1 atom stereocenters. The van der Waals surface area contributed by atoms with Gasteiger partial charge >= 0.3 is 11.9 Å². The molecule has 0 fully saturated rings. The van der Waals surface area contributed by atoms with Crippen molar-refractivity contribution in [3.05, 3.63) is 0 Å². The van der Waals surface area contributed by atoms with Gasteiger partial charge in [-0.2, -0.15) is 0 Å². The quantitative estimate of drug-likeness (QED) is 0.553. The Labute approximate surface area is 74.3 Å². The molecule has 0 aromatic heterocycles. The van der Waals surface area contributed by atoms with Crippen LogP contribution < -0.4 is 5.73 Å². The van der Waals surface area contributed by atoms with Crippen LogP contribution in [0.3, 0.4) is 0 Å². The van der Waals surface area contributed by atoms with E-state index in [1.54, 1.807) is 0 Å². The number of rotatable bonds is 4. The van der Waals surface area contributed by atoms with Gasteiger partial charge in [0.1, 0.15) is 6.04 Å². The fourth-order valence-corrected chi connectivity index (χ4v) is 0.402. The SMILES string of the molecule is NC(CCC(=O)O)C(=O)O.[Cr]. The van der Waals surface area contributed by atoms with Gasteiger partial charge in [0.2, 0.25) is 0 Å². The molecule has 0 aliphatic rings. The number of nitrogens with two attached hydrogens (primary N) is 1. The van der Waals surface area contributed by atoms with E-state index < -0.39 is 18.0 Å². The maximum atomic E-state index is 9.99. The van der Waals surface area contributed by atoms with Crippen LogP contribution >= 0.6 is 0 Å². The molecule has 0 radical (unpaired) electrons. The zero-order valence-corrected chi connectivity index (χ0v) is 6.96. The summed E-state index contributed by atoms with van der Waals surface area (Å²) in [6, 6.07) is -1.06. The Bertz CT molecular complexity index is 149. The molecule has 0 spiro atoms. The molecule has 1 unspecified atom stereocenters. The second-order valence-electron chi connectivity index (χ2n) is 1.88. The van der Waals surface area contributed by atoms with Crippen LogP contribution in [0.5, 0.6) is 0 Å². The van der Waals surface area contributed by atoms with E-state index in [0.29, 0.717) is 0 Å². The molecule has 64 valence electrons. The molecule has 0 aliphatic carbocycles. The van der Waals surface area contributed by atoms with Gasteiger partial charge in [-0.1, -0.05) is 0 Å². The fourth-order valence-electron chi connectivity index (χ4n) is 0.402. The Morgan fingerprint density at radius 1 is 1.36 bits per heavy atom. The first-order valence-electron chi connectivity index (χ1n) is 2.74. The van der Waals surface area contributed by atoms with E-state index in [-0.39, 0.29) is 30.2 Å². The van der Waals surface area contributed by atoms with E-state index >= 15 is 0 Å². The zero-order valence-electron chi connectivity index (χ0n) is 5.69. The van der Waals surface area contributed by atoms with Crippen molar-refractivity contribution >= 4 is 11.9 Å². The van der Waals surface area contributed by atoms with Crippen LogP contribution in [0, 0.1) is 0 Å². The predicted molar refractivity (Wildman–Crippen MR) is 32.5 cm³/mol. The third-order valence-corrected chi connectivity index (χ3v) is 0.986. The minimum absolute atomic E-state index is 0. The summed E-state index contributed by atoms with van der Waals surface area (Å²) in [7, 11) is 0. The van der Waals surface area contributed by atoms with Crippen LogP contribution in [0.2, 0.25) is 0 Å². The third kappa shape index (κ3) is 7.33. The van der Waals surface area contributed by atoms with E-state index in [2.05, 4.69) is 0 Å². The summed E-state index contributed by atoms with van der Waals surface area (Å²) in [5.41, 5.74) is 5.00. The molecular formula is C5H9CrNO4. The van der Waals surface area contributed by atoms with Gasteiger partial charge in [0.05, 0.1) is 0 Å². The minimum Gasteiger partial charge on any atom is -0.481 e. The first-order chi connectivity index (χ1) is 4.54. The van der Waals surface area contributed by atoms with Crippen molar-refractivity contribution in [1.29, 1.82) is 0 Å². The fraction of sp³-hybridized carbons (Fsp3) is 0.600. The Morgan fingerprint density at radius 2 is 1.82 bits per heavy atom. The van der Waals surface area contributed by atoms with Gasteiger partial charge in [-0.25, -0.2) is 0 Å². The molecule has 0 bridgehead atoms. The molecule has 0 aromatic carbocycles. The van der Waals surface area contributed by atoms with Gasteiger partial charge in [-0.15, -0.1) is 0 Å². The molecule has 0 amide bonds. The maximum Gasteiger partial charge on any atom is 0.320 e. The molecule has 0 heterocycles. The average molecular weight is 199 g/mol. The molecule has 6 heteroatoms. The van der Waals surface area contributed by atoms with Gasteiger partial charge in [0, 0.05) is 23.8 Å². The van der Waals surface area contributed by atoms with E-state index in [1.807, 2.05) is 0 Å². The van der Waals surface area contributed by atoms with Gasteiger partial charge in [0.25, 0.3) is 0 Å². The molecule has 0 saturated heterocycles. The maximum absolute atomic E-state index is 9.99. The van der Waals surface area contributed by atoms with E-state index in [0.717, 1.165) is 0 Å². The summed E-state index contributed by atoms with van der Waals surface area (Å²) in [5.74, 6) is -2.20. The van der Waals surface area contributed by atoms with Crippen molar-refractivity contribution in [2.45, 2.75) is 18.9 Å². The van der Waals surface area contributed by atoms with Crippen molar-refractivity contribution in [1.82, 2.24) is 0 Å². The van der Waals surface area contributed by atoms with Crippen LogP contribution in [0.25, 0.3) is 0 Å². The number of hydrogen-bond acceptors (Lipinski definition) is 3. The number of carbonyl (C=O) groups is 2. The van der Waals surface area contributed by atoms with E-state index in [1.165, 1.54) is 0 Å². The summed E-state index contributed by atoms with van der Waals surface area (Å²) < 4.78 is 0. The summed E-state index contributed by atoms with van der Waals surface area (Å²) in [6.45, 7) is 0. The summed E-state index contributed by atoms with van der Waals surface area (Å²) in [6.07, 6.45) is -0.224. The summed E-state index contributed by atoms with van der Waals surface area (Å²) >= 11 is 0. The van der Waals surface area contributed by atoms with Gasteiger partial charge < -0.3 is 15.9 Å². The number of carboxylic acids is 2. The molecule has 11 heavy (non-hydrogen) atoms. The summed E-state index contributed by atoms with van der Waals surface area (Å²) in [5, 5.41) is 16.3. The van der Waals surface area contributed by atoms with Crippen LogP contribution in [-0.2, 0) is 27.0 Å². The van der Waals surface area contributed by atoms with Crippen LogP contribution in [0.4, 0.5) is 0 Å². The Balaban J connectivity index is 0. The molecule has 4 N–H and O–H groups in total. The van der Waals surface area contributed by atoms with Gasteiger partial charge in [0.15, 0.2) is 0 Å². The Morgan fingerprint density at radius 3 is 2.09 bits per heavy atom. The number of hydrogen-bond donors (Lipinski definition) is 3. The largest absolute Gasteiger partial charge is 0.481 e. The Kier molecular flexibility index (Phi) is 7.31. The molecule has 0 rings (SSSR count). The smallest absolute Gasteiger partial charge is 0.320 e. The van der Waals surface area contributed by atoms with E-state index in [9.17, 15) is 9.59 Å². The first kappa shape index (κ1) is 13.1. The zero-order chi connectivity index (χ0) is 8.15. The minimum atomic E-state index is -1.17. The standard InChI is InChI=1S/C5H9NO4.Cr/c6-3(5(9)10)1-2-4(7)8;/h3H,1-2,6H2,(H,7,8)(H,9,10);. The number of aliphatic carboxylic acids is 2. The van der Waals surface area contributed by atoms with Crippen molar-refractivity contribution in [2.75, 3.05) is 0 Å². The monoisotopic (exact) mass is 199 g/mol. The molecule has 5 nitrogen and oxygen atoms in total. The molecule has 0 aromatic rings. The second kappa shape index (κ2) is 6.16. The van der Waals surface area contributed by atoms with Crippen LogP contribution in [0.1, 0.15) is 12.8 Å². The van der Waals surface area contributed by atoms with Crippen molar-refractivity contribution in [3.63, 3.8) is 0 Å². The molecule has 0 saturated carbocycles. The van der Waals surface area contributed by atoms with Crippen molar-refractivity contribution in [3.8, 4) is 0 Å². The normalized spacial score (nSPS) is 11.4. The summed E-state index contributed by atoms with van der Waals surface area (Å²) in [4.78, 5) is 19.9. The van der Waals surface area contributed by atoms with Gasteiger partial charge in [-0.3, -0.25) is 9.59 Å². The molecule has 0 aliphatic heterocycles. The molecular weight excluding hydrogens is 190 g/mol. The van der Waals surface area contributed by atoms with Gasteiger partial charge in [-0.05, 0) is 6.42 Å².